The van der Waals surface area contributed by atoms with Gasteiger partial charge in [-0.05, 0) is 24.3 Å². The van der Waals surface area contributed by atoms with Crippen molar-refractivity contribution in [2.24, 2.45) is 0 Å². The highest BCUT2D eigenvalue weighted by Crippen LogP contribution is 2.36. The molecule has 1 aromatic carbocycles. The van der Waals surface area contributed by atoms with Gasteiger partial charge in [-0.3, -0.25) is 4.98 Å². The monoisotopic (exact) mass is 282 g/mol. The van der Waals surface area contributed by atoms with Crippen LogP contribution in [0.5, 0.6) is 5.75 Å². The maximum Gasteiger partial charge on any atom is 0.419 e. The zero-order chi connectivity index (χ0) is 14.6. The highest BCUT2D eigenvalue weighted by molar-refractivity contribution is 5.42. The van der Waals surface area contributed by atoms with Crippen LogP contribution in [0.3, 0.4) is 0 Å². The van der Waals surface area contributed by atoms with E-state index < -0.39 is 11.7 Å². The molecule has 0 atom stereocenters. The Morgan fingerprint density at radius 3 is 2.65 bits per heavy atom. The number of pyridine rings is 1. The van der Waals surface area contributed by atoms with Gasteiger partial charge in [0.25, 0.3) is 0 Å². The average Bonchev–Trinajstić information content (AvgIpc) is 2.44. The summed E-state index contributed by atoms with van der Waals surface area (Å²) in [5, 5.41) is 2.93. The zero-order valence-electron chi connectivity index (χ0n) is 10.7. The molecule has 2 rings (SSSR count). The summed E-state index contributed by atoms with van der Waals surface area (Å²) in [5.41, 5.74) is 0.585. The molecule has 0 saturated carbocycles. The number of hydrogen-bond acceptors (Lipinski definition) is 3. The number of anilines is 1. The van der Waals surface area contributed by atoms with Crippen LogP contribution in [0.15, 0.2) is 42.6 Å². The third kappa shape index (κ3) is 3.40. The number of aromatic nitrogens is 1. The van der Waals surface area contributed by atoms with Crippen molar-refractivity contribution in [2.45, 2.75) is 12.8 Å². The van der Waals surface area contributed by atoms with Crippen LogP contribution in [-0.2, 0) is 12.8 Å². The number of nitrogens with one attached hydrogen (secondary N) is 1. The van der Waals surface area contributed by atoms with Gasteiger partial charge in [0.1, 0.15) is 12.4 Å². The van der Waals surface area contributed by atoms with Crippen LogP contribution in [0.25, 0.3) is 0 Å². The van der Waals surface area contributed by atoms with Crippen LogP contribution in [0.4, 0.5) is 18.9 Å². The molecule has 6 heteroatoms. The Labute approximate surface area is 114 Å². The summed E-state index contributed by atoms with van der Waals surface area (Å²) < 4.78 is 43.6. The number of alkyl halides is 3. The highest BCUT2D eigenvalue weighted by Gasteiger charge is 2.33. The van der Waals surface area contributed by atoms with E-state index in [2.05, 4.69) is 10.3 Å². The molecule has 1 N–H and O–H groups in total. The lowest BCUT2D eigenvalue weighted by atomic mass is 10.2. The Balaban J connectivity index is 2.15. The molecule has 0 aliphatic heterocycles. The number of hydrogen-bond donors (Lipinski definition) is 1. The molecule has 0 saturated heterocycles. The topological polar surface area (TPSA) is 34.2 Å². The first-order valence-electron chi connectivity index (χ1n) is 5.92. The van der Waals surface area contributed by atoms with Crippen LogP contribution < -0.4 is 10.1 Å². The van der Waals surface area contributed by atoms with Crippen molar-refractivity contribution in [3.05, 3.63) is 53.9 Å². The summed E-state index contributed by atoms with van der Waals surface area (Å²) in [6, 6.07) is 8.60. The summed E-state index contributed by atoms with van der Waals surface area (Å²) in [5.74, 6) is -0.198. The normalized spacial score (nSPS) is 11.2. The molecule has 0 aliphatic rings. The van der Waals surface area contributed by atoms with Crippen molar-refractivity contribution < 1.29 is 17.9 Å². The molecule has 1 aromatic heterocycles. The van der Waals surface area contributed by atoms with Gasteiger partial charge >= 0.3 is 6.18 Å². The molecule has 20 heavy (non-hydrogen) atoms. The average molecular weight is 282 g/mol. The third-order valence-corrected chi connectivity index (χ3v) is 2.67. The molecule has 2 aromatic rings. The van der Waals surface area contributed by atoms with Crippen LogP contribution >= 0.6 is 0 Å². The zero-order valence-corrected chi connectivity index (χ0v) is 10.7. The van der Waals surface area contributed by atoms with Crippen LogP contribution in [0.2, 0.25) is 0 Å². The first kappa shape index (κ1) is 14.2. The minimum Gasteiger partial charge on any atom is -0.487 e. The smallest absolute Gasteiger partial charge is 0.419 e. The van der Waals surface area contributed by atoms with E-state index in [0.29, 0.717) is 5.69 Å². The molecule has 1 heterocycles. The predicted molar refractivity (Wildman–Crippen MR) is 69.6 cm³/mol. The van der Waals surface area contributed by atoms with Crippen molar-refractivity contribution in [3.8, 4) is 5.75 Å². The van der Waals surface area contributed by atoms with Crippen LogP contribution in [0.1, 0.15) is 11.3 Å². The Morgan fingerprint density at radius 2 is 1.95 bits per heavy atom. The lowest BCUT2D eigenvalue weighted by Crippen LogP contribution is -2.09. The van der Waals surface area contributed by atoms with E-state index in [0.717, 1.165) is 11.8 Å². The molecule has 0 bridgehead atoms. The molecule has 0 amide bonds. The fraction of sp³-hybridized carbons (Fsp3) is 0.214. The molecule has 0 radical (unpaired) electrons. The third-order valence-electron chi connectivity index (χ3n) is 2.67. The molecular formula is C14H13F3N2O. The Bertz CT molecular complexity index is 585. The fourth-order valence-electron chi connectivity index (χ4n) is 1.69. The Kier molecular flexibility index (Phi) is 4.12. The van der Waals surface area contributed by atoms with Crippen molar-refractivity contribution in [2.75, 3.05) is 12.4 Å². The van der Waals surface area contributed by atoms with Gasteiger partial charge in [0.2, 0.25) is 0 Å². The van der Waals surface area contributed by atoms with Crippen molar-refractivity contribution in [1.29, 1.82) is 0 Å². The minimum atomic E-state index is -4.43. The number of rotatable bonds is 4. The molecule has 0 spiro atoms. The van der Waals surface area contributed by atoms with Gasteiger partial charge < -0.3 is 10.1 Å². The number of ether oxygens (including phenoxy) is 1. The second-order valence-corrected chi connectivity index (χ2v) is 4.07. The lowest BCUT2D eigenvalue weighted by molar-refractivity contribution is -0.139. The molecule has 106 valence electrons. The number of nitrogens with zero attached hydrogens (tertiary/aromatic N) is 1. The number of halogens is 3. The van der Waals surface area contributed by atoms with Crippen molar-refractivity contribution in [1.82, 2.24) is 4.98 Å². The van der Waals surface area contributed by atoms with Crippen molar-refractivity contribution >= 4 is 5.69 Å². The predicted octanol–water partition coefficient (Wildman–Crippen LogP) is 3.72. The standard InChI is InChI=1S/C14H13F3N2O/c1-18-10-6-7-19-11(8-10)9-20-13-5-3-2-4-12(13)14(15,16)17/h2-8H,9H2,1H3,(H,18,19). The van der Waals surface area contributed by atoms with Gasteiger partial charge in [0.15, 0.2) is 0 Å². The molecule has 0 aliphatic carbocycles. The SMILES string of the molecule is CNc1ccnc(COc2ccccc2C(F)(F)F)c1. The second-order valence-electron chi connectivity index (χ2n) is 4.07. The minimum absolute atomic E-state index is 0.0252. The fourth-order valence-corrected chi connectivity index (χ4v) is 1.69. The van der Waals surface area contributed by atoms with Gasteiger partial charge in [-0.2, -0.15) is 13.2 Å². The van der Waals surface area contributed by atoms with E-state index in [1.54, 1.807) is 25.4 Å². The molecular weight excluding hydrogens is 269 g/mol. The van der Waals surface area contributed by atoms with E-state index >= 15 is 0 Å². The summed E-state index contributed by atoms with van der Waals surface area (Å²) in [7, 11) is 1.75. The first-order chi connectivity index (χ1) is 9.50. The van der Waals surface area contributed by atoms with Gasteiger partial charge in [-0.1, -0.05) is 12.1 Å². The molecule has 3 nitrogen and oxygen atoms in total. The summed E-state index contributed by atoms with van der Waals surface area (Å²) in [6.45, 7) is -0.0252. The second kappa shape index (κ2) is 5.81. The van der Waals surface area contributed by atoms with E-state index in [4.69, 9.17) is 4.74 Å². The Morgan fingerprint density at radius 1 is 1.20 bits per heavy atom. The van der Waals surface area contributed by atoms with Gasteiger partial charge in [0, 0.05) is 18.9 Å². The first-order valence-corrected chi connectivity index (χ1v) is 5.92. The molecule has 0 fully saturated rings. The highest BCUT2D eigenvalue weighted by atomic mass is 19.4. The van der Waals surface area contributed by atoms with Crippen LogP contribution in [-0.4, -0.2) is 12.0 Å². The van der Waals surface area contributed by atoms with Gasteiger partial charge in [0.05, 0.1) is 11.3 Å². The van der Waals surface area contributed by atoms with Gasteiger partial charge in [-0.25, -0.2) is 0 Å². The largest absolute Gasteiger partial charge is 0.487 e. The maximum absolute atomic E-state index is 12.8. The molecule has 0 unspecified atom stereocenters. The number of benzene rings is 1. The summed E-state index contributed by atoms with van der Waals surface area (Å²) in [4.78, 5) is 4.05. The summed E-state index contributed by atoms with van der Waals surface area (Å²) in [6.07, 6.45) is -2.86. The van der Waals surface area contributed by atoms with E-state index in [1.165, 1.54) is 18.2 Å². The van der Waals surface area contributed by atoms with Crippen LogP contribution in [0, 0.1) is 0 Å². The van der Waals surface area contributed by atoms with Gasteiger partial charge in [-0.15, -0.1) is 0 Å². The number of para-hydroxylation sites is 1. The maximum atomic E-state index is 12.8. The Hall–Kier alpha value is -2.24. The lowest BCUT2D eigenvalue weighted by Gasteiger charge is -2.13. The van der Waals surface area contributed by atoms with E-state index in [1.807, 2.05) is 0 Å². The van der Waals surface area contributed by atoms with Crippen molar-refractivity contribution in [3.63, 3.8) is 0 Å². The van der Waals surface area contributed by atoms with E-state index in [-0.39, 0.29) is 12.4 Å². The summed E-state index contributed by atoms with van der Waals surface area (Å²) >= 11 is 0. The quantitative estimate of drug-likeness (QED) is 0.928. The van der Waals surface area contributed by atoms with E-state index in [9.17, 15) is 13.2 Å².